The molecule has 0 bridgehead atoms. The third-order valence-corrected chi connectivity index (χ3v) is 7.76. The van der Waals surface area contributed by atoms with E-state index in [4.69, 9.17) is 10.6 Å². The highest BCUT2D eigenvalue weighted by atomic mass is 32.2. The zero-order valence-electron chi connectivity index (χ0n) is 19.3. The Bertz CT molecular complexity index is 1430. The summed E-state index contributed by atoms with van der Waals surface area (Å²) >= 11 is 2.51. The summed E-state index contributed by atoms with van der Waals surface area (Å²) in [4.78, 5) is 48.2. The molecule has 0 aliphatic carbocycles. The van der Waals surface area contributed by atoms with Crippen LogP contribution >= 0.6 is 23.1 Å². The number of aromatic amines is 1. The van der Waals surface area contributed by atoms with Crippen LogP contribution in [0.3, 0.4) is 0 Å². The number of H-pyrrole nitrogens is 1. The summed E-state index contributed by atoms with van der Waals surface area (Å²) in [5.41, 5.74) is 7.96. The molecular weight excluding hydrogens is 520 g/mol. The van der Waals surface area contributed by atoms with Gasteiger partial charge in [0.1, 0.15) is 29.9 Å². The molecule has 2 atom stereocenters. The van der Waals surface area contributed by atoms with Crippen LogP contribution in [0.1, 0.15) is 5.69 Å². The first-order valence-corrected chi connectivity index (χ1v) is 12.8. The van der Waals surface area contributed by atoms with E-state index in [1.165, 1.54) is 23.8 Å². The van der Waals surface area contributed by atoms with E-state index in [0.29, 0.717) is 11.3 Å². The number of pyridine rings is 1. The number of rotatable bonds is 8. The number of carbonyl (C=O) groups excluding carboxylic acids is 2. The fourth-order valence-corrected chi connectivity index (χ4v) is 6.01. The number of carboxylic acid groups (broad SMARTS) is 1. The van der Waals surface area contributed by atoms with Crippen LogP contribution in [0, 0.1) is 0 Å². The number of nitrogen functional groups attached to an aromatic ring is 1. The number of oxime groups is 1. The molecule has 2 aliphatic rings. The van der Waals surface area contributed by atoms with Crippen molar-refractivity contribution in [2.75, 3.05) is 18.6 Å². The molecule has 0 radical (unpaired) electrons. The highest BCUT2D eigenvalue weighted by molar-refractivity contribution is 8.00. The Kier molecular flexibility index (Phi) is 6.62. The van der Waals surface area contributed by atoms with Gasteiger partial charge in [-0.25, -0.2) is 14.3 Å². The quantitative estimate of drug-likeness (QED) is 0.134. The van der Waals surface area contributed by atoms with Gasteiger partial charge in [-0.2, -0.15) is 5.10 Å². The highest BCUT2D eigenvalue weighted by Crippen LogP contribution is 2.40. The van der Waals surface area contributed by atoms with Crippen molar-refractivity contribution < 1.29 is 28.9 Å². The molecule has 0 aromatic carbocycles. The number of aromatic nitrogens is 4. The second-order valence-corrected chi connectivity index (χ2v) is 10.0. The zero-order chi connectivity index (χ0) is 26.1. The van der Waals surface area contributed by atoms with Gasteiger partial charge in [-0.3, -0.25) is 19.6 Å². The van der Waals surface area contributed by atoms with Crippen molar-refractivity contribution in [3.63, 3.8) is 0 Å². The normalized spacial score (nSPS) is 19.3. The van der Waals surface area contributed by atoms with Crippen molar-refractivity contribution in [2.24, 2.45) is 5.16 Å². The Hall–Kier alpha value is -4.24. The van der Waals surface area contributed by atoms with Gasteiger partial charge in [0.2, 0.25) is 0 Å². The predicted molar refractivity (Wildman–Crippen MR) is 134 cm³/mol. The minimum absolute atomic E-state index is 0.0725. The SMILES string of the molecule is CO/N=C(/C(=O)N[C@@H]1C(=O)N2C(C(=O)O)=C(C[n+]3cccc(-c4ccn[nH]4)c3)CS[C@H]12)c1csc(N)n1. The number of nitrogens with one attached hydrogen (secondary N) is 2. The van der Waals surface area contributed by atoms with Gasteiger partial charge in [-0.1, -0.05) is 5.16 Å². The average Bonchev–Trinajstić information content (AvgIpc) is 3.57. The molecule has 2 amide bonds. The number of carbonyl (C=O) groups is 3. The summed E-state index contributed by atoms with van der Waals surface area (Å²) in [6.07, 6.45) is 5.35. The lowest BCUT2D eigenvalue weighted by molar-refractivity contribution is -0.688. The standard InChI is InChI=1S/C22H20N8O5S2/c1-35-28-15(14-10-37-22(23)25-14)18(31)26-16-19(32)30-17(21(33)34)12(9-36-20(16)30)8-29-6-2-3-11(7-29)13-4-5-24-27-13/h2-7,10,16,20H,8-9H2,1H3,(H4-,23,24,25,26,27,31,33,34)/p+1/b28-15+/t16-,20-/m1/s1. The number of thiazole rings is 1. The highest BCUT2D eigenvalue weighted by Gasteiger charge is 2.54. The summed E-state index contributed by atoms with van der Waals surface area (Å²) in [6.45, 7) is 0.278. The fraction of sp³-hybridized carbons (Fsp3) is 0.227. The van der Waals surface area contributed by atoms with Gasteiger partial charge in [0.25, 0.3) is 11.8 Å². The Morgan fingerprint density at radius 1 is 1.43 bits per heavy atom. The fourth-order valence-electron chi connectivity index (χ4n) is 4.12. The summed E-state index contributed by atoms with van der Waals surface area (Å²) in [5.74, 6) is -2.04. The minimum atomic E-state index is -1.21. The van der Waals surface area contributed by atoms with Crippen LogP contribution in [0.5, 0.6) is 0 Å². The Balaban J connectivity index is 1.35. The molecular formula is C22H21N8O5S2+. The number of nitrogens with two attached hydrogens (primary N) is 1. The van der Waals surface area contributed by atoms with E-state index in [9.17, 15) is 19.5 Å². The van der Waals surface area contributed by atoms with Crippen LogP contribution in [0.25, 0.3) is 11.3 Å². The average molecular weight is 542 g/mol. The number of nitrogens with zero attached hydrogens (tertiary/aromatic N) is 5. The number of amides is 2. The Morgan fingerprint density at radius 3 is 2.95 bits per heavy atom. The number of fused-ring (bicyclic) bond motifs is 1. The second-order valence-electron chi connectivity index (χ2n) is 8.05. The number of anilines is 1. The maximum Gasteiger partial charge on any atom is 0.352 e. The largest absolute Gasteiger partial charge is 0.477 e. The molecule has 13 nitrogen and oxygen atoms in total. The number of β-lactam (4-membered cyclic amide) rings is 1. The Morgan fingerprint density at radius 2 is 2.27 bits per heavy atom. The Labute approximate surface area is 218 Å². The van der Waals surface area contributed by atoms with E-state index >= 15 is 0 Å². The van der Waals surface area contributed by atoms with Crippen LogP contribution < -0.4 is 15.6 Å². The lowest BCUT2D eigenvalue weighted by Gasteiger charge is -2.49. The molecule has 2 aliphatic heterocycles. The summed E-state index contributed by atoms with van der Waals surface area (Å²) in [6, 6.07) is 4.67. The summed E-state index contributed by atoms with van der Waals surface area (Å²) in [7, 11) is 1.28. The third-order valence-electron chi connectivity index (χ3n) is 5.74. The first-order chi connectivity index (χ1) is 17.9. The van der Waals surface area contributed by atoms with Gasteiger partial charge >= 0.3 is 5.97 Å². The van der Waals surface area contributed by atoms with Gasteiger partial charge in [-0.15, -0.1) is 23.1 Å². The number of carboxylic acids is 1. The maximum absolute atomic E-state index is 13.1. The molecule has 15 heteroatoms. The minimum Gasteiger partial charge on any atom is -0.477 e. The van der Waals surface area contributed by atoms with E-state index in [2.05, 4.69) is 25.7 Å². The van der Waals surface area contributed by atoms with Crippen molar-refractivity contribution in [3.8, 4) is 11.3 Å². The van der Waals surface area contributed by atoms with Crippen molar-refractivity contribution >= 4 is 51.7 Å². The number of aliphatic carboxylic acids is 1. The molecule has 1 saturated heterocycles. The predicted octanol–water partition coefficient (Wildman–Crippen LogP) is 0.192. The van der Waals surface area contributed by atoms with E-state index in [-0.39, 0.29) is 28.8 Å². The van der Waals surface area contributed by atoms with Gasteiger partial charge in [0, 0.05) is 29.0 Å². The molecule has 5 heterocycles. The number of hydrogen-bond donors (Lipinski definition) is 4. The molecule has 5 rings (SSSR count). The molecule has 1 fully saturated rings. The van der Waals surface area contributed by atoms with E-state index in [1.54, 1.807) is 11.6 Å². The van der Waals surface area contributed by atoms with E-state index in [0.717, 1.165) is 22.6 Å². The topological polar surface area (TPSA) is 180 Å². The van der Waals surface area contributed by atoms with Gasteiger partial charge in [0.05, 0.1) is 11.3 Å². The summed E-state index contributed by atoms with van der Waals surface area (Å²) < 4.78 is 1.85. The first-order valence-electron chi connectivity index (χ1n) is 10.9. The van der Waals surface area contributed by atoms with Crippen molar-refractivity contribution in [1.29, 1.82) is 0 Å². The second kappa shape index (κ2) is 10.0. The van der Waals surface area contributed by atoms with E-state index in [1.807, 2.05) is 35.2 Å². The number of hydrogen-bond acceptors (Lipinski definition) is 10. The van der Waals surface area contributed by atoms with Gasteiger partial charge < -0.3 is 21.0 Å². The van der Waals surface area contributed by atoms with Gasteiger partial charge in [-0.05, 0) is 12.1 Å². The molecule has 0 spiro atoms. The third kappa shape index (κ3) is 4.65. The zero-order valence-corrected chi connectivity index (χ0v) is 21.0. The lowest BCUT2D eigenvalue weighted by atomic mass is 10.0. The molecule has 3 aromatic heterocycles. The lowest BCUT2D eigenvalue weighted by Crippen LogP contribution is -2.71. The summed E-state index contributed by atoms with van der Waals surface area (Å²) in [5, 5.41) is 24.4. The molecule has 190 valence electrons. The van der Waals surface area contributed by atoms with Crippen LogP contribution in [0.4, 0.5) is 5.13 Å². The van der Waals surface area contributed by atoms with Gasteiger partial charge in [0.15, 0.2) is 29.8 Å². The molecule has 3 aromatic rings. The monoisotopic (exact) mass is 541 g/mol. The van der Waals surface area contributed by atoms with E-state index < -0.39 is 29.2 Å². The van der Waals surface area contributed by atoms with Crippen molar-refractivity contribution in [3.05, 3.63) is 59.1 Å². The maximum atomic E-state index is 13.1. The molecule has 0 saturated carbocycles. The van der Waals surface area contributed by atoms with Crippen LogP contribution in [0.15, 0.2) is 58.6 Å². The van der Waals surface area contributed by atoms with Crippen molar-refractivity contribution in [1.82, 2.24) is 25.4 Å². The molecule has 0 unspecified atom stereocenters. The smallest absolute Gasteiger partial charge is 0.352 e. The molecule has 5 N–H and O–H groups in total. The first kappa shape index (κ1) is 24.5. The van der Waals surface area contributed by atoms with Crippen LogP contribution in [-0.4, -0.2) is 73.0 Å². The number of thioether (sulfide) groups is 1. The van der Waals surface area contributed by atoms with Crippen LogP contribution in [0.2, 0.25) is 0 Å². The van der Waals surface area contributed by atoms with Crippen molar-refractivity contribution in [2.45, 2.75) is 18.0 Å². The molecule has 37 heavy (non-hydrogen) atoms. The van der Waals surface area contributed by atoms with Crippen LogP contribution in [-0.2, 0) is 25.8 Å².